The molecule has 2 bridgehead atoms. The average Bonchev–Trinajstić information content (AvgIpc) is 2.52. The minimum absolute atomic E-state index is 0.428. The second kappa shape index (κ2) is 5.02. The van der Waals surface area contributed by atoms with Gasteiger partial charge in [0.1, 0.15) is 6.10 Å². The molecule has 2 N–H and O–H groups in total. The molecule has 8 nitrogen and oxygen atoms in total. The number of carbonyl (C=O) groups is 3. The highest BCUT2D eigenvalue weighted by Gasteiger charge is 2.56. The van der Waals surface area contributed by atoms with Crippen molar-refractivity contribution in [3.8, 4) is 0 Å². The SMILES string of the molecule is O=C1CC2(O)CC(=O)OC3C(O)c4ccccc4C(O1)C3OC2=O. The molecule has 2 saturated heterocycles. The highest BCUT2D eigenvalue weighted by molar-refractivity contribution is 5.91. The molecule has 24 heavy (non-hydrogen) atoms. The summed E-state index contributed by atoms with van der Waals surface area (Å²) in [5.41, 5.74) is -1.43. The summed E-state index contributed by atoms with van der Waals surface area (Å²) >= 11 is 0. The van der Waals surface area contributed by atoms with Crippen LogP contribution in [0.25, 0.3) is 0 Å². The van der Waals surface area contributed by atoms with Gasteiger partial charge >= 0.3 is 17.9 Å². The van der Waals surface area contributed by atoms with Gasteiger partial charge in [-0.05, 0) is 5.56 Å². The molecule has 126 valence electrons. The Morgan fingerprint density at radius 2 is 1.54 bits per heavy atom. The van der Waals surface area contributed by atoms with Gasteiger partial charge in [-0.3, -0.25) is 9.59 Å². The zero-order valence-corrected chi connectivity index (χ0v) is 12.4. The number of carbonyl (C=O) groups excluding carboxylic acids is 3. The van der Waals surface area contributed by atoms with Crippen molar-refractivity contribution in [3.63, 3.8) is 0 Å². The van der Waals surface area contributed by atoms with Gasteiger partial charge < -0.3 is 24.4 Å². The van der Waals surface area contributed by atoms with Crippen LogP contribution in [0.5, 0.6) is 0 Å². The Kier molecular flexibility index (Phi) is 3.16. The van der Waals surface area contributed by atoms with E-state index in [1.54, 1.807) is 24.3 Å². The first-order valence-electron chi connectivity index (χ1n) is 7.48. The summed E-state index contributed by atoms with van der Waals surface area (Å²) < 4.78 is 15.9. The van der Waals surface area contributed by atoms with Crippen LogP contribution in [-0.2, 0) is 28.6 Å². The Morgan fingerprint density at radius 3 is 2.25 bits per heavy atom. The van der Waals surface area contributed by atoms with Crippen LogP contribution in [-0.4, -0.2) is 45.9 Å². The van der Waals surface area contributed by atoms with Gasteiger partial charge in [0, 0.05) is 5.56 Å². The standard InChI is InChI=1S/C16H14O8/c17-9-5-16(21)6-10(18)23-13-11(19)7-3-1-2-4-8(7)12(22-9)14(13)24-15(16)20/h1-4,11-14,19,21H,5-6H2. The van der Waals surface area contributed by atoms with Crippen molar-refractivity contribution in [1.82, 2.24) is 0 Å². The molecular formula is C16H14O8. The van der Waals surface area contributed by atoms with Crippen LogP contribution in [0, 0.1) is 0 Å². The number of ether oxygens (including phenoxy) is 3. The van der Waals surface area contributed by atoms with Crippen LogP contribution in [0.3, 0.4) is 0 Å². The van der Waals surface area contributed by atoms with Crippen molar-refractivity contribution in [1.29, 1.82) is 0 Å². The van der Waals surface area contributed by atoms with E-state index in [9.17, 15) is 24.6 Å². The number of fused-ring (bicyclic) bond motifs is 4. The van der Waals surface area contributed by atoms with Gasteiger partial charge in [-0.15, -0.1) is 0 Å². The third kappa shape index (κ3) is 2.10. The van der Waals surface area contributed by atoms with Crippen molar-refractivity contribution < 1.29 is 38.8 Å². The molecule has 3 aliphatic rings. The number of rotatable bonds is 0. The summed E-state index contributed by atoms with van der Waals surface area (Å²) in [5.74, 6) is -2.82. The molecule has 2 fully saturated rings. The normalized spacial score (nSPS) is 37.8. The third-order valence-corrected chi connectivity index (χ3v) is 4.58. The Morgan fingerprint density at radius 1 is 0.917 bits per heavy atom. The van der Waals surface area contributed by atoms with Crippen LogP contribution < -0.4 is 0 Å². The van der Waals surface area contributed by atoms with Crippen LogP contribution in [0.2, 0.25) is 0 Å². The number of aliphatic hydroxyl groups excluding tert-OH is 1. The fourth-order valence-corrected chi connectivity index (χ4v) is 3.43. The molecule has 4 rings (SSSR count). The highest BCUT2D eigenvalue weighted by Crippen LogP contribution is 2.44. The smallest absolute Gasteiger partial charge is 0.339 e. The predicted octanol–water partition coefficient (Wildman–Crippen LogP) is -0.320. The Bertz CT molecular complexity index is 743. The predicted molar refractivity (Wildman–Crippen MR) is 74.2 cm³/mol. The van der Waals surface area contributed by atoms with Gasteiger partial charge in [0.2, 0.25) is 0 Å². The van der Waals surface area contributed by atoms with E-state index in [0.717, 1.165) is 0 Å². The second-order valence-corrected chi connectivity index (χ2v) is 6.19. The molecule has 8 heteroatoms. The molecule has 1 aliphatic carbocycles. The molecule has 0 spiro atoms. The molecule has 0 aromatic heterocycles. The lowest BCUT2D eigenvalue weighted by atomic mass is 9.81. The molecule has 1 aromatic rings. The lowest BCUT2D eigenvalue weighted by Crippen LogP contribution is -2.57. The van der Waals surface area contributed by atoms with E-state index in [0.29, 0.717) is 11.1 Å². The maximum absolute atomic E-state index is 12.3. The van der Waals surface area contributed by atoms with E-state index in [-0.39, 0.29) is 0 Å². The fraction of sp³-hybridized carbons (Fsp3) is 0.438. The zero-order chi connectivity index (χ0) is 17.1. The summed E-state index contributed by atoms with van der Waals surface area (Å²) in [7, 11) is 0. The topological polar surface area (TPSA) is 119 Å². The molecule has 5 atom stereocenters. The van der Waals surface area contributed by atoms with E-state index in [1.165, 1.54) is 0 Å². The summed E-state index contributed by atoms with van der Waals surface area (Å²) in [6, 6.07) is 6.62. The lowest BCUT2D eigenvalue weighted by Gasteiger charge is -2.44. The monoisotopic (exact) mass is 334 g/mol. The molecule has 0 saturated carbocycles. The Balaban J connectivity index is 1.89. The highest BCUT2D eigenvalue weighted by atomic mass is 16.6. The second-order valence-electron chi connectivity index (χ2n) is 6.19. The van der Waals surface area contributed by atoms with Crippen molar-refractivity contribution in [2.45, 2.75) is 42.9 Å². The van der Waals surface area contributed by atoms with Crippen molar-refractivity contribution in [3.05, 3.63) is 35.4 Å². The molecule has 1 aromatic carbocycles. The fourth-order valence-electron chi connectivity index (χ4n) is 3.43. The number of esters is 3. The van der Waals surface area contributed by atoms with Gasteiger partial charge in [0.25, 0.3) is 0 Å². The largest absolute Gasteiger partial charge is 0.455 e. The summed E-state index contributed by atoms with van der Waals surface area (Å²) in [6.45, 7) is 0. The number of aliphatic hydroxyl groups is 2. The van der Waals surface area contributed by atoms with Crippen molar-refractivity contribution in [2.24, 2.45) is 0 Å². The summed E-state index contributed by atoms with van der Waals surface area (Å²) in [5, 5.41) is 20.9. The molecule has 0 radical (unpaired) electrons. The first-order chi connectivity index (χ1) is 11.4. The minimum atomic E-state index is -2.33. The number of hydrogen-bond donors (Lipinski definition) is 2. The average molecular weight is 334 g/mol. The van der Waals surface area contributed by atoms with Crippen LogP contribution in [0.4, 0.5) is 0 Å². The summed E-state index contributed by atoms with van der Waals surface area (Å²) in [4.78, 5) is 36.5. The molecule has 2 aliphatic heterocycles. The van der Waals surface area contributed by atoms with Crippen LogP contribution in [0.15, 0.2) is 24.3 Å². The van der Waals surface area contributed by atoms with Crippen LogP contribution >= 0.6 is 0 Å². The van der Waals surface area contributed by atoms with E-state index < -0.39 is 60.8 Å². The Labute approximate surface area is 135 Å². The van der Waals surface area contributed by atoms with E-state index in [2.05, 4.69) is 0 Å². The zero-order valence-electron chi connectivity index (χ0n) is 12.4. The lowest BCUT2D eigenvalue weighted by molar-refractivity contribution is -0.231. The van der Waals surface area contributed by atoms with E-state index >= 15 is 0 Å². The molecule has 2 heterocycles. The first-order valence-corrected chi connectivity index (χ1v) is 7.48. The molecular weight excluding hydrogens is 320 g/mol. The van der Waals surface area contributed by atoms with Crippen LogP contribution in [0.1, 0.15) is 36.2 Å². The first kappa shape index (κ1) is 15.1. The number of benzene rings is 1. The van der Waals surface area contributed by atoms with Crippen molar-refractivity contribution in [2.75, 3.05) is 0 Å². The van der Waals surface area contributed by atoms with Gasteiger partial charge in [0.05, 0.1) is 12.8 Å². The quantitative estimate of drug-likeness (QED) is 0.489. The van der Waals surface area contributed by atoms with Gasteiger partial charge in [-0.25, -0.2) is 4.79 Å². The Hall–Kier alpha value is -2.45. The van der Waals surface area contributed by atoms with Gasteiger partial charge in [0.15, 0.2) is 23.9 Å². The van der Waals surface area contributed by atoms with E-state index in [1.807, 2.05) is 0 Å². The number of hydrogen-bond acceptors (Lipinski definition) is 8. The third-order valence-electron chi connectivity index (χ3n) is 4.58. The minimum Gasteiger partial charge on any atom is -0.455 e. The van der Waals surface area contributed by atoms with Gasteiger partial charge in [-0.2, -0.15) is 0 Å². The van der Waals surface area contributed by atoms with E-state index in [4.69, 9.17) is 14.2 Å². The molecule has 5 unspecified atom stereocenters. The maximum Gasteiger partial charge on any atom is 0.339 e. The van der Waals surface area contributed by atoms with Gasteiger partial charge in [-0.1, -0.05) is 24.3 Å². The molecule has 0 amide bonds. The van der Waals surface area contributed by atoms with Crippen molar-refractivity contribution >= 4 is 17.9 Å². The maximum atomic E-state index is 12.3. The summed E-state index contributed by atoms with van der Waals surface area (Å²) in [6.07, 6.45) is -6.19.